The average Bonchev–Trinajstić information content (AvgIpc) is 2.57. The number of hydrogen-bond donors (Lipinski definition) is 2. The van der Waals surface area contributed by atoms with Crippen LogP contribution in [0.1, 0.15) is 11.1 Å². The standard InChI is InChI=1S/C19H22N2O2/c20-18(22)17-19(23-12-11-21-17,13-15-7-3-1-4-8-15)14-16-9-5-2-6-10-16/h1-10,17,21H,11-14H2,(H2,20,22). The van der Waals surface area contributed by atoms with Gasteiger partial charge in [-0.2, -0.15) is 0 Å². The fourth-order valence-corrected chi connectivity index (χ4v) is 3.34. The SMILES string of the molecule is NC(=O)C1NCCOC1(Cc1ccccc1)Cc1ccccc1. The summed E-state index contributed by atoms with van der Waals surface area (Å²) in [5, 5.41) is 3.25. The summed E-state index contributed by atoms with van der Waals surface area (Å²) in [6.45, 7) is 1.21. The third-order valence-corrected chi connectivity index (χ3v) is 4.34. The number of carbonyl (C=O) groups is 1. The molecule has 0 radical (unpaired) electrons. The normalized spacial score (nSPS) is 20.1. The average molecular weight is 310 g/mol. The minimum atomic E-state index is -0.660. The van der Waals surface area contributed by atoms with E-state index in [2.05, 4.69) is 29.6 Å². The van der Waals surface area contributed by atoms with E-state index in [1.54, 1.807) is 0 Å². The van der Waals surface area contributed by atoms with Gasteiger partial charge in [0, 0.05) is 19.4 Å². The molecule has 0 bridgehead atoms. The summed E-state index contributed by atoms with van der Waals surface area (Å²) >= 11 is 0. The Bertz CT molecular complexity index is 601. The van der Waals surface area contributed by atoms with Gasteiger partial charge in [0.05, 0.1) is 6.61 Å². The van der Waals surface area contributed by atoms with Crippen molar-refractivity contribution in [3.8, 4) is 0 Å². The molecule has 1 amide bonds. The van der Waals surface area contributed by atoms with Crippen LogP contribution in [0.15, 0.2) is 60.7 Å². The Hall–Kier alpha value is -2.17. The van der Waals surface area contributed by atoms with Gasteiger partial charge in [0.25, 0.3) is 0 Å². The topological polar surface area (TPSA) is 64.4 Å². The molecule has 1 aliphatic rings. The molecule has 0 spiro atoms. The monoisotopic (exact) mass is 310 g/mol. The molecule has 1 aliphatic heterocycles. The summed E-state index contributed by atoms with van der Waals surface area (Å²) in [4.78, 5) is 12.0. The Morgan fingerprint density at radius 1 is 1.04 bits per heavy atom. The minimum Gasteiger partial charge on any atom is -0.371 e. The molecule has 3 N–H and O–H groups in total. The Morgan fingerprint density at radius 2 is 1.57 bits per heavy atom. The molecule has 1 saturated heterocycles. The molecule has 4 heteroatoms. The highest BCUT2D eigenvalue weighted by molar-refractivity contribution is 5.81. The second-order valence-electron chi connectivity index (χ2n) is 6.03. The van der Waals surface area contributed by atoms with E-state index < -0.39 is 11.6 Å². The van der Waals surface area contributed by atoms with Crippen LogP contribution in [0.2, 0.25) is 0 Å². The van der Waals surface area contributed by atoms with E-state index in [0.717, 1.165) is 11.1 Å². The van der Waals surface area contributed by atoms with Crippen LogP contribution in [0, 0.1) is 0 Å². The predicted molar refractivity (Wildman–Crippen MR) is 90.0 cm³/mol. The van der Waals surface area contributed by atoms with E-state index in [-0.39, 0.29) is 5.91 Å². The van der Waals surface area contributed by atoms with E-state index >= 15 is 0 Å². The van der Waals surface area contributed by atoms with Gasteiger partial charge in [0.15, 0.2) is 0 Å². The molecule has 0 aliphatic carbocycles. The third kappa shape index (κ3) is 3.60. The lowest BCUT2D eigenvalue weighted by molar-refractivity contribution is -0.139. The van der Waals surface area contributed by atoms with Crippen molar-refractivity contribution in [3.63, 3.8) is 0 Å². The van der Waals surface area contributed by atoms with E-state index in [0.29, 0.717) is 26.0 Å². The van der Waals surface area contributed by atoms with Crippen LogP contribution in [-0.2, 0) is 22.4 Å². The summed E-state index contributed by atoms with van der Waals surface area (Å²) in [6.07, 6.45) is 1.28. The van der Waals surface area contributed by atoms with Gasteiger partial charge in [0.1, 0.15) is 11.6 Å². The molecular formula is C19H22N2O2. The first kappa shape index (κ1) is 15.7. The Morgan fingerprint density at radius 3 is 2.04 bits per heavy atom. The van der Waals surface area contributed by atoms with Crippen molar-refractivity contribution in [2.45, 2.75) is 24.5 Å². The fourth-order valence-electron chi connectivity index (χ4n) is 3.34. The largest absolute Gasteiger partial charge is 0.371 e. The van der Waals surface area contributed by atoms with Crippen LogP contribution in [0.3, 0.4) is 0 Å². The van der Waals surface area contributed by atoms with Gasteiger partial charge in [-0.15, -0.1) is 0 Å². The molecule has 1 atom stereocenters. The van der Waals surface area contributed by atoms with Crippen molar-refractivity contribution >= 4 is 5.91 Å². The molecular weight excluding hydrogens is 288 g/mol. The zero-order valence-electron chi connectivity index (χ0n) is 13.1. The number of rotatable bonds is 5. The number of benzene rings is 2. The molecule has 2 aromatic carbocycles. The minimum absolute atomic E-state index is 0.364. The lowest BCUT2D eigenvalue weighted by Crippen LogP contribution is -2.65. The van der Waals surface area contributed by atoms with E-state index in [1.807, 2.05) is 36.4 Å². The summed E-state index contributed by atoms with van der Waals surface area (Å²) in [5.41, 5.74) is 7.28. The molecule has 1 unspecified atom stereocenters. The Labute approximate surface area is 136 Å². The van der Waals surface area contributed by atoms with Crippen molar-refractivity contribution in [1.29, 1.82) is 0 Å². The Kier molecular flexibility index (Phi) is 4.74. The predicted octanol–water partition coefficient (Wildman–Crippen LogP) is 1.68. The first-order chi connectivity index (χ1) is 11.2. The molecule has 2 aromatic rings. The van der Waals surface area contributed by atoms with E-state index in [4.69, 9.17) is 10.5 Å². The van der Waals surface area contributed by atoms with Gasteiger partial charge < -0.3 is 15.8 Å². The van der Waals surface area contributed by atoms with Crippen LogP contribution in [0.25, 0.3) is 0 Å². The van der Waals surface area contributed by atoms with Gasteiger partial charge in [-0.3, -0.25) is 4.79 Å². The first-order valence-corrected chi connectivity index (χ1v) is 7.94. The quantitative estimate of drug-likeness (QED) is 0.883. The van der Waals surface area contributed by atoms with Crippen molar-refractivity contribution in [1.82, 2.24) is 5.32 Å². The fraction of sp³-hybridized carbons (Fsp3) is 0.316. The molecule has 23 heavy (non-hydrogen) atoms. The van der Waals surface area contributed by atoms with Gasteiger partial charge in [0.2, 0.25) is 5.91 Å². The number of nitrogens with two attached hydrogens (primary N) is 1. The van der Waals surface area contributed by atoms with Crippen molar-refractivity contribution in [2.24, 2.45) is 5.73 Å². The summed E-state index contributed by atoms with van der Waals surface area (Å²) in [5.74, 6) is -0.364. The smallest absolute Gasteiger partial charge is 0.237 e. The molecule has 1 fully saturated rings. The lowest BCUT2D eigenvalue weighted by atomic mass is 9.80. The number of carbonyl (C=O) groups excluding carboxylic acids is 1. The molecule has 3 rings (SSSR count). The van der Waals surface area contributed by atoms with Crippen molar-refractivity contribution in [3.05, 3.63) is 71.8 Å². The van der Waals surface area contributed by atoms with Crippen LogP contribution in [-0.4, -0.2) is 30.7 Å². The number of amides is 1. The van der Waals surface area contributed by atoms with E-state index in [1.165, 1.54) is 0 Å². The highest BCUT2D eigenvalue weighted by atomic mass is 16.5. The van der Waals surface area contributed by atoms with E-state index in [9.17, 15) is 4.79 Å². The Balaban J connectivity index is 1.95. The maximum atomic E-state index is 12.0. The van der Waals surface area contributed by atoms with Crippen LogP contribution in [0.5, 0.6) is 0 Å². The molecule has 120 valence electrons. The third-order valence-electron chi connectivity index (χ3n) is 4.34. The maximum Gasteiger partial charge on any atom is 0.237 e. The maximum absolute atomic E-state index is 12.0. The second-order valence-corrected chi connectivity index (χ2v) is 6.03. The molecule has 4 nitrogen and oxygen atoms in total. The lowest BCUT2D eigenvalue weighted by Gasteiger charge is -2.43. The molecule has 0 aromatic heterocycles. The summed E-state index contributed by atoms with van der Waals surface area (Å²) in [6, 6.07) is 19.7. The molecule has 1 heterocycles. The number of ether oxygens (including phenoxy) is 1. The molecule has 0 saturated carbocycles. The summed E-state index contributed by atoms with van der Waals surface area (Å²) < 4.78 is 6.18. The number of hydrogen-bond acceptors (Lipinski definition) is 3. The summed E-state index contributed by atoms with van der Waals surface area (Å²) in [7, 11) is 0. The van der Waals surface area contributed by atoms with Gasteiger partial charge >= 0.3 is 0 Å². The van der Waals surface area contributed by atoms with Gasteiger partial charge in [-0.25, -0.2) is 0 Å². The van der Waals surface area contributed by atoms with Crippen LogP contribution in [0.4, 0.5) is 0 Å². The number of primary amides is 1. The zero-order valence-corrected chi connectivity index (χ0v) is 13.1. The number of nitrogens with one attached hydrogen (secondary N) is 1. The highest BCUT2D eigenvalue weighted by Gasteiger charge is 2.45. The van der Waals surface area contributed by atoms with Gasteiger partial charge in [-0.1, -0.05) is 60.7 Å². The van der Waals surface area contributed by atoms with Crippen molar-refractivity contribution in [2.75, 3.05) is 13.2 Å². The first-order valence-electron chi connectivity index (χ1n) is 7.94. The highest BCUT2D eigenvalue weighted by Crippen LogP contribution is 2.29. The van der Waals surface area contributed by atoms with Crippen molar-refractivity contribution < 1.29 is 9.53 Å². The second kappa shape index (κ2) is 6.94. The van der Waals surface area contributed by atoms with Crippen LogP contribution < -0.4 is 11.1 Å². The number of morpholine rings is 1. The zero-order chi connectivity index (χ0) is 16.1. The van der Waals surface area contributed by atoms with Crippen LogP contribution >= 0.6 is 0 Å². The van der Waals surface area contributed by atoms with Gasteiger partial charge in [-0.05, 0) is 11.1 Å².